The maximum atomic E-state index is 13.8. The van der Waals surface area contributed by atoms with Crippen LogP contribution in [0.4, 0.5) is 10.3 Å². The first-order valence-corrected chi connectivity index (χ1v) is 9.94. The molecule has 0 saturated carbocycles. The van der Waals surface area contributed by atoms with Crippen molar-refractivity contribution in [3.63, 3.8) is 0 Å². The molecule has 1 atom stereocenters. The van der Waals surface area contributed by atoms with Gasteiger partial charge in [0.2, 0.25) is 17.8 Å². The van der Waals surface area contributed by atoms with E-state index >= 15 is 0 Å². The van der Waals surface area contributed by atoms with Crippen LogP contribution >= 0.6 is 0 Å². The third kappa shape index (κ3) is 4.36. The van der Waals surface area contributed by atoms with Crippen molar-refractivity contribution in [1.82, 2.24) is 19.8 Å². The highest BCUT2D eigenvalue weighted by molar-refractivity contribution is 5.89. The van der Waals surface area contributed by atoms with E-state index in [1.54, 1.807) is 41.6 Å². The molecule has 0 N–H and O–H groups in total. The van der Waals surface area contributed by atoms with E-state index in [0.717, 1.165) is 0 Å². The smallest absolute Gasteiger partial charge is 0.228 e. The lowest BCUT2D eigenvalue weighted by atomic mass is 10.1. The minimum absolute atomic E-state index is 0.0281. The van der Waals surface area contributed by atoms with Gasteiger partial charge < -0.3 is 14.7 Å². The average Bonchev–Trinajstić information content (AvgIpc) is 3.14. The molecule has 7 nitrogen and oxygen atoms in total. The molecule has 1 aromatic carbocycles. The number of carbonyl (C=O) groups excluding carboxylic acids is 2. The summed E-state index contributed by atoms with van der Waals surface area (Å²) in [6.07, 6.45) is 4.10. The Labute approximate surface area is 169 Å². The number of nitrogens with zero attached hydrogens (tertiary/aromatic N) is 5. The van der Waals surface area contributed by atoms with Gasteiger partial charge in [0.1, 0.15) is 5.82 Å². The van der Waals surface area contributed by atoms with Gasteiger partial charge in [-0.15, -0.1) is 0 Å². The highest BCUT2D eigenvalue weighted by atomic mass is 19.1. The Hall–Kier alpha value is -3.03. The van der Waals surface area contributed by atoms with Crippen molar-refractivity contribution in [3.05, 3.63) is 54.1 Å². The van der Waals surface area contributed by atoms with Crippen molar-refractivity contribution in [1.29, 1.82) is 0 Å². The Morgan fingerprint density at radius 3 is 2.52 bits per heavy atom. The Morgan fingerprint density at radius 2 is 1.79 bits per heavy atom. The van der Waals surface area contributed by atoms with Gasteiger partial charge in [-0.1, -0.05) is 18.2 Å². The number of anilines is 1. The van der Waals surface area contributed by atoms with Gasteiger partial charge >= 0.3 is 0 Å². The summed E-state index contributed by atoms with van der Waals surface area (Å²) in [6, 6.07) is 8.37. The van der Waals surface area contributed by atoms with E-state index in [9.17, 15) is 14.0 Å². The zero-order chi connectivity index (χ0) is 20.2. The summed E-state index contributed by atoms with van der Waals surface area (Å²) in [6.45, 7) is 3.38. The molecule has 3 heterocycles. The quantitative estimate of drug-likeness (QED) is 0.762. The lowest BCUT2D eigenvalue weighted by molar-refractivity contribution is -0.136. The third-order valence-electron chi connectivity index (χ3n) is 5.60. The number of amides is 2. The standard InChI is InChI=1S/C21H24FN5O2/c22-18-5-2-1-4-16(18)6-9-27-15-17(14-19(27)28)20(29)25-10-12-26(13-11-25)21-23-7-3-8-24-21/h1-5,7-8,17H,6,9-15H2. The molecule has 152 valence electrons. The van der Waals surface area contributed by atoms with Crippen molar-refractivity contribution in [2.45, 2.75) is 12.8 Å². The Morgan fingerprint density at radius 1 is 1.07 bits per heavy atom. The van der Waals surface area contributed by atoms with Gasteiger partial charge in [0.15, 0.2) is 0 Å². The zero-order valence-electron chi connectivity index (χ0n) is 16.2. The predicted octanol–water partition coefficient (Wildman–Crippen LogP) is 1.36. The number of likely N-dealkylation sites (tertiary alicyclic amines) is 1. The Kier molecular flexibility index (Phi) is 5.69. The Bertz CT molecular complexity index is 870. The molecule has 1 unspecified atom stereocenters. The molecule has 2 aliphatic rings. The second-order valence-corrected chi connectivity index (χ2v) is 7.44. The predicted molar refractivity (Wildman–Crippen MR) is 106 cm³/mol. The van der Waals surface area contributed by atoms with E-state index < -0.39 is 0 Å². The number of hydrogen-bond donors (Lipinski definition) is 0. The van der Waals surface area contributed by atoms with E-state index in [0.29, 0.717) is 57.2 Å². The van der Waals surface area contributed by atoms with Gasteiger partial charge in [0.05, 0.1) is 5.92 Å². The first-order chi connectivity index (χ1) is 14.1. The van der Waals surface area contributed by atoms with Crippen LogP contribution in [-0.4, -0.2) is 70.9 Å². The highest BCUT2D eigenvalue weighted by Gasteiger charge is 2.37. The van der Waals surface area contributed by atoms with Crippen LogP contribution in [-0.2, 0) is 16.0 Å². The molecule has 0 spiro atoms. The normalized spacial score (nSPS) is 19.7. The summed E-state index contributed by atoms with van der Waals surface area (Å²) in [5.74, 6) is 0.0982. The van der Waals surface area contributed by atoms with E-state index in [1.165, 1.54) is 6.07 Å². The van der Waals surface area contributed by atoms with Gasteiger partial charge in [0, 0.05) is 58.1 Å². The molecule has 2 aliphatic heterocycles. The molecule has 0 radical (unpaired) electrons. The number of rotatable bonds is 5. The lowest BCUT2D eigenvalue weighted by Crippen LogP contribution is -2.51. The van der Waals surface area contributed by atoms with Crippen molar-refractivity contribution < 1.29 is 14.0 Å². The van der Waals surface area contributed by atoms with Crippen molar-refractivity contribution in [2.24, 2.45) is 5.92 Å². The molecule has 0 bridgehead atoms. The molecule has 2 saturated heterocycles. The second-order valence-electron chi connectivity index (χ2n) is 7.44. The van der Waals surface area contributed by atoms with Crippen molar-refractivity contribution >= 4 is 17.8 Å². The van der Waals surface area contributed by atoms with Crippen molar-refractivity contribution in [3.8, 4) is 0 Å². The van der Waals surface area contributed by atoms with Gasteiger partial charge in [-0.05, 0) is 24.1 Å². The molecule has 2 amide bonds. The van der Waals surface area contributed by atoms with Crippen LogP contribution in [0.15, 0.2) is 42.7 Å². The lowest BCUT2D eigenvalue weighted by Gasteiger charge is -2.35. The summed E-state index contributed by atoms with van der Waals surface area (Å²) in [7, 11) is 0. The maximum absolute atomic E-state index is 13.8. The topological polar surface area (TPSA) is 69.6 Å². The summed E-state index contributed by atoms with van der Waals surface area (Å²) in [5, 5.41) is 0. The van der Waals surface area contributed by atoms with E-state index in [4.69, 9.17) is 0 Å². The largest absolute Gasteiger partial charge is 0.342 e. The number of aromatic nitrogens is 2. The first-order valence-electron chi connectivity index (χ1n) is 9.94. The Balaban J connectivity index is 1.29. The number of benzene rings is 1. The third-order valence-corrected chi connectivity index (χ3v) is 5.60. The second kappa shape index (κ2) is 8.55. The maximum Gasteiger partial charge on any atom is 0.228 e. The van der Waals surface area contributed by atoms with Crippen molar-refractivity contribution in [2.75, 3.05) is 44.2 Å². The molecule has 2 aromatic rings. The molecule has 29 heavy (non-hydrogen) atoms. The summed E-state index contributed by atoms with van der Waals surface area (Å²) in [5.41, 5.74) is 0.592. The molecular formula is C21H24FN5O2. The fraction of sp³-hybridized carbons (Fsp3) is 0.429. The van der Waals surface area contributed by atoms with Gasteiger partial charge in [-0.25, -0.2) is 14.4 Å². The molecule has 8 heteroatoms. The molecule has 2 fully saturated rings. The van der Waals surface area contributed by atoms with Gasteiger partial charge in [-0.3, -0.25) is 9.59 Å². The summed E-state index contributed by atoms with van der Waals surface area (Å²) in [4.78, 5) is 39.3. The van der Waals surface area contributed by atoms with E-state index in [-0.39, 0.29) is 30.0 Å². The molecule has 1 aromatic heterocycles. The van der Waals surface area contributed by atoms with Gasteiger partial charge in [-0.2, -0.15) is 0 Å². The van der Waals surface area contributed by atoms with Crippen LogP contribution in [0.25, 0.3) is 0 Å². The number of piperazine rings is 1. The fourth-order valence-electron chi connectivity index (χ4n) is 3.95. The highest BCUT2D eigenvalue weighted by Crippen LogP contribution is 2.22. The van der Waals surface area contributed by atoms with Crippen LogP contribution in [0.1, 0.15) is 12.0 Å². The zero-order valence-corrected chi connectivity index (χ0v) is 16.2. The average molecular weight is 397 g/mol. The van der Waals surface area contributed by atoms with Crippen LogP contribution in [0.3, 0.4) is 0 Å². The minimum Gasteiger partial charge on any atom is -0.342 e. The molecule has 0 aliphatic carbocycles. The van der Waals surface area contributed by atoms with E-state index in [2.05, 4.69) is 14.9 Å². The number of halogens is 1. The van der Waals surface area contributed by atoms with Crippen LogP contribution in [0, 0.1) is 11.7 Å². The monoisotopic (exact) mass is 397 g/mol. The molecular weight excluding hydrogens is 373 g/mol. The van der Waals surface area contributed by atoms with Crippen LogP contribution in [0.2, 0.25) is 0 Å². The van der Waals surface area contributed by atoms with E-state index in [1.807, 2.05) is 4.90 Å². The SMILES string of the molecule is O=C1CC(C(=O)N2CCN(c3ncccn3)CC2)CN1CCc1ccccc1F. The van der Waals surface area contributed by atoms with Crippen LogP contribution < -0.4 is 4.90 Å². The summed E-state index contributed by atoms with van der Waals surface area (Å²) >= 11 is 0. The number of hydrogen-bond acceptors (Lipinski definition) is 5. The molecule has 4 rings (SSSR count). The fourth-order valence-corrected chi connectivity index (χ4v) is 3.95. The minimum atomic E-state index is -0.317. The van der Waals surface area contributed by atoms with Crippen LogP contribution in [0.5, 0.6) is 0 Å². The number of carbonyl (C=O) groups is 2. The summed E-state index contributed by atoms with van der Waals surface area (Å²) < 4.78 is 13.8. The van der Waals surface area contributed by atoms with Gasteiger partial charge in [0.25, 0.3) is 0 Å². The first kappa shape index (κ1) is 19.3.